The highest BCUT2D eigenvalue weighted by Crippen LogP contribution is 2.19. The first-order valence-corrected chi connectivity index (χ1v) is 7.37. The van der Waals surface area contributed by atoms with E-state index in [9.17, 15) is 4.79 Å². The molecule has 108 valence electrons. The summed E-state index contributed by atoms with van der Waals surface area (Å²) in [5, 5.41) is 3.08. The Morgan fingerprint density at radius 1 is 0.905 bits per heavy atom. The Hall–Kier alpha value is -2.13. The zero-order chi connectivity index (χ0) is 14.5. The molecule has 3 heteroatoms. The van der Waals surface area contributed by atoms with Gasteiger partial charge in [-0.2, -0.15) is 0 Å². The standard InChI is InChI=1S/C18H19NO2/c20-18(19-17-10-12-21-13-11-17)16-8-6-15(7-9-16)14-4-2-1-3-5-14/h1-9,17H,10-13H2,(H,19,20). The maximum absolute atomic E-state index is 12.2. The van der Waals surface area contributed by atoms with Crippen LogP contribution in [0.4, 0.5) is 0 Å². The summed E-state index contributed by atoms with van der Waals surface area (Å²) in [5.41, 5.74) is 2.99. The second-order valence-corrected chi connectivity index (χ2v) is 5.30. The smallest absolute Gasteiger partial charge is 0.251 e. The molecule has 3 nitrogen and oxygen atoms in total. The highest BCUT2D eigenvalue weighted by Gasteiger charge is 2.16. The summed E-state index contributed by atoms with van der Waals surface area (Å²) in [6.45, 7) is 1.47. The van der Waals surface area contributed by atoms with E-state index in [1.165, 1.54) is 0 Å². The van der Waals surface area contributed by atoms with Gasteiger partial charge in [-0.3, -0.25) is 4.79 Å². The van der Waals surface area contributed by atoms with Crippen LogP contribution in [0, 0.1) is 0 Å². The maximum Gasteiger partial charge on any atom is 0.251 e. The minimum Gasteiger partial charge on any atom is -0.381 e. The van der Waals surface area contributed by atoms with Gasteiger partial charge in [0, 0.05) is 24.8 Å². The van der Waals surface area contributed by atoms with Crippen LogP contribution >= 0.6 is 0 Å². The Kier molecular flexibility index (Phi) is 4.31. The second kappa shape index (κ2) is 6.55. The van der Waals surface area contributed by atoms with Gasteiger partial charge in [-0.25, -0.2) is 0 Å². The van der Waals surface area contributed by atoms with Crippen molar-refractivity contribution in [3.63, 3.8) is 0 Å². The first-order chi connectivity index (χ1) is 10.3. The first-order valence-electron chi connectivity index (χ1n) is 7.37. The highest BCUT2D eigenvalue weighted by atomic mass is 16.5. The van der Waals surface area contributed by atoms with Gasteiger partial charge < -0.3 is 10.1 Å². The molecule has 1 amide bonds. The van der Waals surface area contributed by atoms with Crippen molar-refractivity contribution < 1.29 is 9.53 Å². The lowest BCUT2D eigenvalue weighted by molar-refractivity contribution is 0.0696. The minimum atomic E-state index is 0.00140. The number of carbonyl (C=O) groups excluding carboxylic acids is 1. The van der Waals surface area contributed by atoms with Crippen molar-refractivity contribution in [3.8, 4) is 11.1 Å². The second-order valence-electron chi connectivity index (χ2n) is 5.30. The van der Waals surface area contributed by atoms with E-state index in [2.05, 4.69) is 17.4 Å². The van der Waals surface area contributed by atoms with Crippen molar-refractivity contribution in [1.82, 2.24) is 5.32 Å². The third-order valence-corrected chi connectivity index (χ3v) is 3.81. The lowest BCUT2D eigenvalue weighted by Gasteiger charge is -2.23. The van der Waals surface area contributed by atoms with Crippen molar-refractivity contribution in [3.05, 3.63) is 60.2 Å². The van der Waals surface area contributed by atoms with E-state index in [0.717, 1.165) is 37.2 Å². The molecule has 1 heterocycles. The molecule has 1 aliphatic rings. The quantitative estimate of drug-likeness (QED) is 0.937. The SMILES string of the molecule is O=C(NC1CCOCC1)c1ccc(-c2ccccc2)cc1. The molecule has 2 aromatic rings. The van der Waals surface area contributed by atoms with E-state index in [1.807, 2.05) is 42.5 Å². The molecule has 0 spiro atoms. The summed E-state index contributed by atoms with van der Waals surface area (Å²) in [6.07, 6.45) is 1.79. The van der Waals surface area contributed by atoms with Gasteiger partial charge in [0.05, 0.1) is 0 Å². The average Bonchev–Trinajstić information content (AvgIpc) is 2.57. The number of amides is 1. The average molecular weight is 281 g/mol. The summed E-state index contributed by atoms with van der Waals surface area (Å²) in [7, 11) is 0. The normalized spacial score (nSPS) is 15.6. The molecule has 0 saturated carbocycles. The minimum absolute atomic E-state index is 0.00140. The zero-order valence-corrected chi connectivity index (χ0v) is 11.9. The van der Waals surface area contributed by atoms with Crippen LogP contribution in [0.3, 0.4) is 0 Å². The largest absolute Gasteiger partial charge is 0.381 e. The molecule has 21 heavy (non-hydrogen) atoms. The van der Waals surface area contributed by atoms with Crippen LogP contribution in [0.15, 0.2) is 54.6 Å². The summed E-state index contributed by atoms with van der Waals surface area (Å²) in [6, 6.07) is 18.2. The van der Waals surface area contributed by atoms with Gasteiger partial charge in [0.15, 0.2) is 0 Å². The monoisotopic (exact) mass is 281 g/mol. The molecule has 2 aromatic carbocycles. The number of benzene rings is 2. The topological polar surface area (TPSA) is 38.3 Å². The lowest BCUT2D eigenvalue weighted by atomic mass is 10.0. The number of hydrogen-bond acceptors (Lipinski definition) is 2. The number of hydrogen-bond donors (Lipinski definition) is 1. The van der Waals surface area contributed by atoms with Gasteiger partial charge in [0.2, 0.25) is 0 Å². The van der Waals surface area contributed by atoms with Gasteiger partial charge >= 0.3 is 0 Å². The highest BCUT2D eigenvalue weighted by molar-refractivity contribution is 5.94. The molecule has 3 rings (SSSR count). The van der Waals surface area contributed by atoms with E-state index < -0.39 is 0 Å². The van der Waals surface area contributed by atoms with E-state index in [-0.39, 0.29) is 11.9 Å². The Labute approximate surface area is 124 Å². The maximum atomic E-state index is 12.2. The molecule has 0 bridgehead atoms. The summed E-state index contributed by atoms with van der Waals surface area (Å²) in [4.78, 5) is 12.2. The Morgan fingerprint density at radius 2 is 1.52 bits per heavy atom. The van der Waals surface area contributed by atoms with Gasteiger partial charge in [0.1, 0.15) is 0 Å². The molecule has 0 atom stereocenters. The molecule has 1 N–H and O–H groups in total. The molecule has 1 saturated heterocycles. The molecule has 0 aromatic heterocycles. The number of ether oxygens (including phenoxy) is 1. The van der Waals surface area contributed by atoms with Crippen LogP contribution in [-0.4, -0.2) is 25.2 Å². The van der Waals surface area contributed by atoms with Crippen LogP contribution in [-0.2, 0) is 4.74 Å². The van der Waals surface area contributed by atoms with Gasteiger partial charge in [0.25, 0.3) is 5.91 Å². The Balaban J connectivity index is 1.67. The van der Waals surface area contributed by atoms with Crippen molar-refractivity contribution in [2.75, 3.05) is 13.2 Å². The van der Waals surface area contributed by atoms with Gasteiger partial charge in [-0.15, -0.1) is 0 Å². The summed E-state index contributed by atoms with van der Waals surface area (Å²) in [5.74, 6) is 0.00140. The van der Waals surface area contributed by atoms with Crippen molar-refractivity contribution >= 4 is 5.91 Å². The van der Waals surface area contributed by atoms with Crippen LogP contribution in [0.25, 0.3) is 11.1 Å². The molecule has 0 aliphatic carbocycles. The molecule has 1 aliphatic heterocycles. The number of nitrogens with one attached hydrogen (secondary N) is 1. The third-order valence-electron chi connectivity index (χ3n) is 3.81. The Bertz CT molecular complexity index is 586. The van der Waals surface area contributed by atoms with Crippen molar-refractivity contribution in [2.24, 2.45) is 0 Å². The van der Waals surface area contributed by atoms with E-state index in [4.69, 9.17) is 4.74 Å². The number of rotatable bonds is 3. The van der Waals surface area contributed by atoms with Crippen LogP contribution < -0.4 is 5.32 Å². The zero-order valence-electron chi connectivity index (χ0n) is 11.9. The number of carbonyl (C=O) groups is 1. The first kappa shape index (κ1) is 13.8. The van der Waals surface area contributed by atoms with E-state index in [0.29, 0.717) is 5.56 Å². The summed E-state index contributed by atoms with van der Waals surface area (Å²) >= 11 is 0. The van der Waals surface area contributed by atoms with Crippen molar-refractivity contribution in [1.29, 1.82) is 0 Å². The molecule has 1 fully saturated rings. The molecular weight excluding hydrogens is 262 g/mol. The Morgan fingerprint density at radius 3 is 2.19 bits per heavy atom. The van der Waals surface area contributed by atoms with Crippen LogP contribution in [0.5, 0.6) is 0 Å². The summed E-state index contributed by atoms with van der Waals surface area (Å²) < 4.78 is 5.30. The fourth-order valence-electron chi connectivity index (χ4n) is 2.56. The molecular formula is C18H19NO2. The molecule has 0 unspecified atom stereocenters. The fourth-order valence-corrected chi connectivity index (χ4v) is 2.56. The predicted octanol–water partition coefficient (Wildman–Crippen LogP) is 3.26. The lowest BCUT2D eigenvalue weighted by Crippen LogP contribution is -2.38. The predicted molar refractivity (Wildman–Crippen MR) is 83.2 cm³/mol. The van der Waals surface area contributed by atoms with Crippen molar-refractivity contribution in [2.45, 2.75) is 18.9 Å². The van der Waals surface area contributed by atoms with Crippen LogP contribution in [0.2, 0.25) is 0 Å². The van der Waals surface area contributed by atoms with Gasteiger partial charge in [-0.05, 0) is 36.1 Å². The third kappa shape index (κ3) is 3.50. The molecule has 0 radical (unpaired) electrons. The van der Waals surface area contributed by atoms with E-state index >= 15 is 0 Å². The van der Waals surface area contributed by atoms with Gasteiger partial charge in [-0.1, -0.05) is 42.5 Å². The van der Waals surface area contributed by atoms with E-state index in [1.54, 1.807) is 0 Å². The fraction of sp³-hybridized carbons (Fsp3) is 0.278. The van der Waals surface area contributed by atoms with Crippen LogP contribution in [0.1, 0.15) is 23.2 Å².